The summed E-state index contributed by atoms with van der Waals surface area (Å²) in [7, 11) is 0. The van der Waals surface area contributed by atoms with Crippen molar-refractivity contribution in [1.29, 1.82) is 0 Å². The van der Waals surface area contributed by atoms with E-state index in [-0.39, 0.29) is 31.6 Å². The number of rotatable bonds is 3. The minimum Gasteiger partial charge on any atom is -0.508 e. The first-order chi connectivity index (χ1) is 13.0. The highest BCUT2D eigenvalue weighted by molar-refractivity contribution is 7.73. The molecule has 0 saturated carbocycles. The molecule has 2 amide bonds. The molecular formula is C18H11N3O4S2. The zero-order valence-corrected chi connectivity index (χ0v) is 15.2. The Morgan fingerprint density at radius 2 is 1.81 bits per heavy atom. The molecule has 3 N–H and O–H groups in total. The third-order valence-corrected chi connectivity index (χ3v) is 5.35. The van der Waals surface area contributed by atoms with Gasteiger partial charge >= 0.3 is 0 Å². The number of fused-ring (bicyclic) bond motifs is 1. The molecule has 0 radical (unpaired) electrons. The number of nitrogens with one attached hydrogen (secondary N) is 1. The Morgan fingerprint density at radius 1 is 1.11 bits per heavy atom. The molecule has 27 heavy (non-hydrogen) atoms. The molecule has 1 aromatic heterocycles. The minimum absolute atomic E-state index is 0.0300. The van der Waals surface area contributed by atoms with Crippen LogP contribution in [-0.4, -0.2) is 26.7 Å². The number of nitrogens with zero attached hydrogens (tertiary/aromatic N) is 2. The smallest absolute Gasteiger partial charge is 0.279 e. The summed E-state index contributed by atoms with van der Waals surface area (Å²) in [5.74, 6) is -1.31. The molecule has 7 nitrogen and oxygen atoms in total. The Morgan fingerprint density at radius 3 is 2.56 bits per heavy atom. The number of carbonyl (C=O) groups excluding carboxylic acids is 2. The van der Waals surface area contributed by atoms with Crippen LogP contribution in [0.5, 0.6) is 11.6 Å². The van der Waals surface area contributed by atoms with Gasteiger partial charge in [-0.15, -0.1) is 0 Å². The molecule has 4 rings (SSSR count). The third-order valence-electron chi connectivity index (χ3n) is 3.97. The number of para-hydroxylation sites is 1. The van der Waals surface area contributed by atoms with E-state index < -0.39 is 11.8 Å². The second-order valence-electron chi connectivity index (χ2n) is 5.65. The molecule has 1 aliphatic rings. The van der Waals surface area contributed by atoms with Gasteiger partial charge in [0.2, 0.25) is 5.88 Å². The summed E-state index contributed by atoms with van der Waals surface area (Å²) in [5.41, 5.74) is 3.01. The Labute approximate surface area is 161 Å². The summed E-state index contributed by atoms with van der Waals surface area (Å²) in [6.07, 6.45) is 0. The van der Waals surface area contributed by atoms with Crippen LogP contribution in [0.2, 0.25) is 0 Å². The fourth-order valence-electron chi connectivity index (χ4n) is 2.69. The monoisotopic (exact) mass is 397 g/mol. The summed E-state index contributed by atoms with van der Waals surface area (Å²) in [6, 6.07) is 12.6. The molecule has 0 atom stereocenters. The third kappa shape index (κ3) is 2.92. The van der Waals surface area contributed by atoms with Crippen LogP contribution in [0.3, 0.4) is 0 Å². The van der Waals surface area contributed by atoms with Gasteiger partial charge in [0.1, 0.15) is 10.6 Å². The van der Waals surface area contributed by atoms with Crippen molar-refractivity contribution in [2.45, 2.75) is 0 Å². The number of hydrogen-bond donors (Lipinski definition) is 3. The molecular weight excluding hydrogens is 386 g/mol. The summed E-state index contributed by atoms with van der Waals surface area (Å²) in [4.78, 5) is 28.9. The van der Waals surface area contributed by atoms with Crippen molar-refractivity contribution < 1.29 is 19.8 Å². The van der Waals surface area contributed by atoms with Crippen molar-refractivity contribution in [2.24, 2.45) is 4.99 Å². The highest BCUT2D eigenvalue weighted by Gasteiger charge is 2.25. The van der Waals surface area contributed by atoms with Crippen LogP contribution in [0.1, 0.15) is 15.2 Å². The lowest BCUT2D eigenvalue weighted by Gasteiger charge is -2.08. The van der Waals surface area contributed by atoms with Crippen LogP contribution in [0.15, 0.2) is 53.5 Å². The van der Waals surface area contributed by atoms with Crippen molar-refractivity contribution in [1.82, 2.24) is 4.68 Å². The first kappa shape index (κ1) is 17.1. The van der Waals surface area contributed by atoms with Gasteiger partial charge in [-0.05, 0) is 42.5 Å². The molecule has 1 aliphatic heterocycles. The van der Waals surface area contributed by atoms with Crippen LogP contribution in [0.4, 0.5) is 0 Å². The number of benzene rings is 2. The van der Waals surface area contributed by atoms with E-state index in [0.717, 1.165) is 16.0 Å². The summed E-state index contributed by atoms with van der Waals surface area (Å²) >= 11 is 6.23. The quantitative estimate of drug-likeness (QED) is 0.580. The number of hydrogen-bond acceptors (Lipinski definition) is 6. The molecule has 2 heterocycles. The van der Waals surface area contributed by atoms with Crippen LogP contribution < -0.4 is 16.0 Å². The van der Waals surface area contributed by atoms with E-state index in [9.17, 15) is 19.8 Å². The van der Waals surface area contributed by atoms with E-state index in [1.165, 1.54) is 24.3 Å². The fourth-order valence-corrected chi connectivity index (χ4v) is 3.95. The van der Waals surface area contributed by atoms with E-state index in [4.69, 9.17) is 12.2 Å². The zero-order chi connectivity index (χ0) is 19.1. The van der Waals surface area contributed by atoms with Crippen LogP contribution in [-0.2, 0) is 4.79 Å². The Hall–Kier alpha value is -3.30. The second kappa shape index (κ2) is 6.45. The van der Waals surface area contributed by atoms with Crippen molar-refractivity contribution in [3.8, 4) is 11.6 Å². The summed E-state index contributed by atoms with van der Waals surface area (Å²) < 4.78 is 1.21. The van der Waals surface area contributed by atoms with E-state index in [1.54, 1.807) is 24.3 Å². The van der Waals surface area contributed by atoms with Gasteiger partial charge in [0.15, 0.2) is 3.95 Å². The molecule has 0 aliphatic carbocycles. The summed E-state index contributed by atoms with van der Waals surface area (Å²) in [5, 5.41) is 21.0. The summed E-state index contributed by atoms with van der Waals surface area (Å²) in [6.45, 7) is 0. The predicted molar refractivity (Wildman–Crippen MR) is 101 cm³/mol. The molecule has 134 valence electrons. The van der Waals surface area contributed by atoms with Gasteiger partial charge in [-0.25, -0.2) is 4.99 Å². The highest BCUT2D eigenvalue weighted by Crippen LogP contribution is 2.31. The molecule has 0 saturated heterocycles. The van der Waals surface area contributed by atoms with Gasteiger partial charge < -0.3 is 10.2 Å². The molecule has 2 aromatic carbocycles. The number of phenolic OH excluding ortho intramolecular Hbond substituents is 1. The van der Waals surface area contributed by atoms with Crippen LogP contribution in [0, 0.1) is 3.95 Å². The first-order valence-corrected chi connectivity index (χ1v) is 8.96. The van der Waals surface area contributed by atoms with Gasteiger partial charge in [0.05, 0.1) is 10.9 Å². The Kier molecular flexibility index (Phi) is 4.09. The van der Waals surface area contributed by atoms with Crippen LogP contribution >= 0.6 is 23.6 Å². The van der Waals surface area contributed by atoms with Crippen molar-refractivity contribution in [3.05, 3.63) is 73.5 Å². The number of aromatic hydroxyl groups is 2. The number of amides is 2. The molecule has 0 spiro atoms. The zero-order valence-electron chi connectivity index (χ0n) is 13.5. The van der Waals surface area contributed by atoms with Crippen molar-refractivity contribution in [3.63, 3.8) is 0 Å². The standard InChI is InChI=1S/C18H11N3O4S2/c22-10-7-5-9(6-8-10)15(23)20-21-17(25)14(27-18(21)26)13-11-3-1-2-4-12(11)19-16(13)24/h1-8,22,25H,(H,20,23). The topological polar surface area (TPSA) is 104 Å². The lowest BCUT2D eigenvalue weighted by molar-refractivity contribution is -0.112. The fraction of sp³-hybridized carbons (Fsp3) is 0. The van der Waals surface area contributed by atoms with E-state index in [1.807, 2.05) is 0 Å². The molecule has 0 bridgehead atoms. The molecule has 3 aromatic rings. The number of carbonyl (C=O) groups is 2. The number of aromatic nitrogens is 1. The van der Waals surface area contributed by atoms with E-state index in [0.29, 0.717) is 10.6 Å². The maximum Gasteiger partial charge on any atom is 0.279 e. The van der Waals surface area contributed by atoms with Gasteiger partial charge in [-0.3, -0.25) is 15.0 Å². The SMILES string of the molecule is O=C1N=c2ccccc2=C1c1sc(=S)n(NC(=O)c2ccc(O)cc2)c1O. The van der Waals surface area contributed by atoms with Crippen molar-refractivity contribution in [2.75, 3.05) is 5.43 Å². The number of phenols is 1. The molecule has 0 unspecified atom stereocenters. The minimum atomic E-state index is -0.529. The lowest BCUT2D eigenvalue weighted by Crippen LogP contribution is -2.23. The van der Waals surface area contributed by atoms with E-state index >= 15 is 0 Å². The van der Waals surface area contributed by atoms with Crippen LogP contribution in [0.25, 0.3) is 5.57 Å². The average Bonchev–Trinajstić information content (AvgIpc) is 3.12. The van der Waals surface area contributed by atoms with Crippen molar-refractivity contribution >= 4 is 40.9 Å². The number of thiazole rings is 1. The normalized spacial score (nSPS) is 12.6. The Balaban J connectivity index is 1.77. The van der Waals surface area contributed by atoms with Gasteiger partial charge in [0, 0.05) is 10.8 Å². The van der Waals surface area contributed by atoms with Gasteiger partial charge in [0.25, 0.3) is 11.8 Å². The average molecular weight is 397 g/mol. The maximum absolute atomic E-state index is 12.4. The van der Waals surface area contributed by atoms with Gasteiger partial charge in [-0.2, -0.15) is 4.68 Å². The molecule has 9 heteroatoms. The lowest BCUT2D eigenvalue weighted by atomic mass is 10.1. The second-order valence-corrected chi connectivity index (χ2v) is 7.30. The van der Waals surface area contributed by atoms with E-state index in [2.05, 4.69) is 10.4 Å². The highest BCUT2D eigenvalue weighted by atomic mass is 32.1. The maximum atomic E-state index is 12.4. The first-order valence-electron chi connectivity index (χ1n) is 7.73. The largest absolute Gasteiger partial charge is 0.508 e. The Bertz CT molecular complexity index is 1270. The van der Waals surface area contributed by atoms with Gasteiger partial charge in [-0.1, -0.05) is 29.5 Å². The molecule has 0 fully saturated rings. The predicted octanol–water partition coefficient (Wildman–Crippen LogP) is 1.43.